The molecule has 1 aromatic heterocycles. The molecule has 10 heteroatoms. The molecule has 1 heterocycles. The van der Waals surface area contributed by atoms with Gasteiger partial charge in [-0.05, 0) is 38.1 Å². The van der Waals surface area contributed by atoms with Gasteiger partial charge in [0, 0.05) is 55.0 Å². The van der Waals surface area contributed by atoms with Crippen LogP contribution < -0.4 is 4.90 Å². The largest absolute Gasteiger partial charge is 0.374 e. The third-order valence-electron chi connectivity index (χ3n) is 4.63. The summed E-state index contributed by atoms with van der Waals surface area (Å²) < 4.78 is 23.5. The van der Waals surface area contributed by atoms with Gasteiger partial charge in [0.1, 0.15) is 23.8 Å². The fourth-order valence-electron chi connectivity index (χ4n) is 3.08. The maximum atomic E-state index is 11.7. The van der Waals surface area contributed by atoms with Crippen LogP contribution in [0.1, 0.15) is 13.8 Å². The van der Waals surface area contributed by atoms with Crippen molar-refractivity contribution in [1.29, 1.82) is 0 Å². The van der Waals surface area contributed by atoms with Gasteiger partial charge in [-0.25, -0.2) is 4.98 Å². The van der Waals surface area contributed by atoms with Crippen molar-refractivity contribution >= 4 is 27.5 Å². The molecule has 0 aliphatic heterocycles. The van der Waals surface area contributed by atoms with Gasteiger partial charge in [0.15, 0.2) is 0 Å². The molecule has 0 saturated heterocycles. The minimum Gasteiger partial charge on any atom is -0.374 e. The zero-order chi connectivity index (χ0) is 22.7. The van der Waals surface area contributed by atoms with Crippen LogP contribution in [0.15, 0.2) is 58.3 Å². The van der Waals surface area contributed by atoms with Gasteiger partial charge in [-0.2, -0.15) is 0 Å². The van der Waals surface area contributed by atoms with Crippen molar-refractivity contribution in [3.05, 3.63) is 48.5 Å². The summed E-state index contributed by atoms with van der Waals surface area (Å²) in [6.07, 6.45) is 1.14. The molecule has 0 spiro atoms. The summed E-state index contributed by atoms with van der Waals surface area (Å²) in [5.41, 5.74) is 2.40. The van der Waals surface area contributed by atoms with Crippen LogP contribution in [-0.2, 0) is 21.6 Å². The van der Waals surface area contributed by atoms with Gasteiger partial charge in [0.05, 0.1) is 0 Å². The number of hydrogen-bond donors (Lipinski definition) is 2. The van der Waals surface area contributed by atoms with Gasteiger partial charge in [-0.15, -0.1) is 10.2 Å². The molecule has 31 heavy (non-hydrogen) atoms. The molecule has 8 nitrogen and oxygen atoms in total. The lowest BCUT2D eigenvalue weighted by atomic mass is 10.0. The van der Waals surface area contributed by atoms with Crippen LogP contribution >= 0.6 is 0 Å². The van der Waals surface area contributed by atoms with Crippen LogP contribution in [0.3, 0.4) is 0 Å². The Hall–Kier alpha value is -2.53. The Morgan fingerprint density at radius 1 is 0.742 bits per heavy atom. The fourth-order valence-corrected chi connectivity index (χ4v) is 4.12. The van der Waals surface area contributed by atoms with E-state index in [1.807, 2.05) is 0 Å². The van der Waals surface area contributed by atoms with Crippen molar-refractivity contribution in [3.8, 4) is 22.5 Å². The van der Waals surface area contributed by atoms with Crippen molar-refractivity contribution < 1.29 is 18.6 Å². The quantitative estimate of drug-likeness (QED) is 0.515. The molecule has 4 atom stereocenters. The van der Waals surface area contributed by atoms with Gasteiger partial charge in [0.2, 0.25) is 5.95 Å². The van der Waals surface area contributed by atoms with Crippen molar-refractivity contribution in [3.63, 3.8) is 0 Å². The second-order valence-electron chi connectivity index (χ2n) is 6.94. The SMILES string of the molecule is CC(O)N(c1nnc(-c2ccc(S(C)=O)cc2)c(-c2ccc(S(C)=O)cc2)n1)C(C)O. The molecule has 2 N–H and O–H groups in total. The van der Waals surface area contributed by atoms with Gasteiger partial charge in [0.25, 0.3) is 0 Å². The highest BCUT2D eigenvalue weighted by molar-refractivity contribution is 7.84. The van der Waals surface area contributed by atoms with E-state index in [9.17, 15) is 18.6 Å². The summed E-state index contributed by atoms with van der Waals surface area (Å²) in [4.78, 5) is 7.19. The molecule has 0 aliphatic carbocycles. The predicted octanol–water partition coefficient (Wildman–Crippen LogP) is 2.16. The standard InChI is InChI=1S/C21H24N4O4S2/c1-13(26)25(14(2)27)21-22-19(15-5-9-17(10-6-15)30(3)28)20(23-24-21)16-7-11-18(12-8-16)31(4)29/h5-14,26-27H,1-4H3. The zero-order valence-corrected chi connectivity index (χ0v) is 19.2. The highest BCUT2D eigenvalue weighted by atomic mass is 32.2. The normalized spacial score (nSPS) is 15.2. The number of aliphatic hydroxyl groups excluding tert-OH is 2. The van der Waals surface area contributed by atoms with Crippen molar-refractivity contribution in [2.24, 2.45) is 0 Å². The van der Waals surface area contributed by atoms with E-state index >= 15 is 0 Å². The Kier molecular flexibility index (Phi) is 7.26. The summed E-state index contributed by atoms with van der Waals surface area (Å²) >= 11 is 0. The summed E-state index contributed by atoms with van der Waals surface area (Å²) in [5.74, 6) is 0.0678. The smallest absolute Gasteiger partial charge is 0.250 e. The number of aliphatic hydroxyl groups is 2. The van der Waals surface area contributed by atoms with Crippen LogP contribution in [0.4, 0.5) is 5.95 Å². The van der Waals surface area contributed by atoms with Gasteiger partial charge in [-0.3, -0.25) is 13.3 Å². The third-order valence-corrected chi connectivity index (χ3v) is 6.50. The molecular formula is C21H24N4O4S2. The average molecular weight is 461 g/mol. The van der Waals surface area contributed by atoms with Gasteiger partial charge in [-0.1, -0.05) is 24.3 Å². The first-order chi connectivity index (χ1) is 14.7. The van der Waals surface area contributed by atoms with Crippen LogP contribution in [0.2, 0.25) is 0 Å². The Morgan fingerprint density at radius 2 is 1.16 bits per heavy atom. The van der Waals surface area contributed by atoms with E-state index in [-0.39, 0.29) is 5.95 Å². The Bertz CT molecular complexity index is 1100. The van der Waals surface area contributed by atoms with E-state index in [0.29, 0.717) is 26.7 Å². The number of nitrogens with zero attached hydrogens (tertiary/aromatic N) is 4. The predicted molar refractivity (Wildman–Crippen MR) is 121 cm³/mol. The van der Waals surface area contributed by atoms with Crippen LogP contribution in [0.25, 0.3) is 22.5 Å². The van der Waals surface area contributed by atoms with Crippen molar-refractivity contribution in [2.45, 2.75) is 36.1 Å². The summed E-state index contributed by atoms with van der Waals surface area (Å²) in [7, 11) is -2.22. The molecule has 0 radical (unpaired) electrons. The molecule has 0 amide bonds. The molecule has 0 saturated carbocycles. The molecule has 2 aromatic carbocycles. The number of benzene rings is 2. The minimum absolute atomic E-state index is 0.0678. The van der Waals surface area contributed by atoms with E-state index in [1.54, 1.807) is 61.0 Å². The average Bonchev–Trinajstić information content (AvgIpc) is 2.73. The molecule has 0 aliphatic rings. The lowest BCUT2D eigenvalue weighted by Gasteiger charge is -2.28. The molecule has 3 rings (SSSR count). The van der Waals surface area contributed by atoms with E-state index < -0.39 is 34.1 Å². The molecular weight excluding hydrogens is 436 g/mol. The van der Waals surface area contributed by atoms with Crippen molar-refractivity contribution in [2.75, 3.05) is 17.4 Å². The van der Waals surface area contributed by atoms with E-state index in [2.05, 4.69) is 15.2 Å². The van der Waals surface area contributed by atoms with Gasteiger partial charge >= 0.3 is 0 Å². The van der Waals surface area contributed by atoms with Crippen LogP contribution in [0.5, 0.6) is 0 Å². The summed E-state index contributed by atoms with van der Waals surface area (Å²) in [6, 6.07) is 14.2. The van der Waals surface area contributed by atoms with E-state index in [1.165, 1.54) is 18.7 Å². The third kappa shape index (κ3) is 5.21. The lowest BCUT2D eigenvalue weighted by Crippen LogP contribution is -2.41. The maximum absolute atomic E-state index is 11.7. The highest BCUT2D eigenvalue weighted by Gasteiger charge is 2.23. The Labute approximate surface area is 185 Å². The molecule has 164 valence electrons. The number of hydrogen-bond acceptors (Lipinski definition) is 8. The fraction of sp³-hybridized carbons (Fsp3) is 0.286. The molecule has 3 aromatic rings. The monoisotopic (exact) mass is 460 g/mol. The van der Waals surface area contributed by atoms with Crippen molar-refractivity contribution in [1.82, 2.24) is 15.2 Å². The van der Waals surface area contributed by atoms with Crippen LogP contribution in [0, 0.1) is 0 Å². The second kappa shape index (κ2) is 9.73. The number of anilines is 1. The number of rotatable bonds is 7. The highest BCUT2D eigenvalue weighted by Crippen LogP contribution is 2.31. The topological polar surface area (TPSA) is 117 Å². The minimum atomic E-state index is -1.12. The Morgan fingerprint density at radius 3 is 1.55 bits per heavy atom. The molecule has 4 unspecified atom stereocenters. The molecule has 0 bridgehead atoms. The van der Waals surface area contributed by atoms with Crippen LogP contribution in [-0.4, -0.2) is 58.8 Å². The lowest BCUT2D eigenvalue weighted by molar-refractivity contribution is 0.102. The van der Waals surface area contributed by atoms with Gasteiger partial charge < -0.3 is 10.2 Å². The van der Waals surface area contributed by atoms with E-state index in [0.717, 1.165) is 5.56 Å². The number of aromatic nitrogens is 3. The summed E-state index contributed by atoms with van der Waals surface area (Å²) in [6.45, 7) is 3.00. The van der Waals surface area contributed by atoms with E-state index in [4.69, 9.17) is 0 Å². The summed E-state index contributed by atoms with van der Waals surface area (Å²) in [5, 5.41) is 28.6. The Balaban J connectivity index is 2.17. The first-order valence-electron chi connectivity index (χ1n) is 9.46. The first kappa shape index (κ1) is 23.1. The zero-order valence-electron chi connectivity index (χ0n) is 17.6. The second-order valence-corrected chi connectivity index (χ2v) is 9.70. The first-order valence-corrected chi connectivity index (χ1v) is 12.6. The molecule has 0 fully saturated rings. The maximum Gasteiger partial charge on any atom is 0.250 e.